The average Bonchev–Trinajstić information content (AvgIpc) is 3.09. The van der Waals surface area contributed by atoms with Crippen molar-refractivity contribution in [1.82, 2.24) is 4.90 Å². The summed E-state index contributed by atoms with van der Waals surface area (Å²) in [7, 11) is 1.62. The van der Waals surface area contributed by atoms with Gasteiger partial charge in [0.15, 0.2) is 0 Å². The van der Waals surface area contributed by atoms with Crippen LogP contribution >= 0.6 is 0 Å². The molecule has 1 heterocycles. The molecule has 0 saturated carbocycles. The summed E-state index contributed by atoms with van der Waals surface area (Å²) in [4.78, 5) is 14.4. The minimum atomic E-state index is 0.0731. The van der Waals surface area contributed by atoms with E-state index in [2.05, 4.69) is 12.1 Å². The molecule has 3 nitrogen and oxygen atoms in total. The van der Waals surface area contributed by atoms with Gasteiger partial charge < -0.3 is 9.64 Å². The zero-order valence-corrected chi connectivity index (χ0v) is 12.2. The van der Waals surface area contributed by atoms with E-state index in [-0.39, 0.29) is 5.91 Å². The average molecular weight is 281 g/mol. The first-order valence-corrected chi connectivity index (χ1v) is 7.32. The van der Waals surface area contributed by atoms with Crippen molar-refractivity contribution < 1.29 is 9.53 Å². The smallest absolute Gasteiger partial charge is 0.257 e. The van der Waals surface area contributed by atoms with Gasteiger partial charge in [-0.3, -0.25) is 4.79 Å². The first-order chi connectivity index (χ1) is 10.3. The highest BCUT2D eigenvalue weighted by Gasteiger charge is 2.22. The number of likely N-dealkylation sites (tertiary alicyclic amines) is 1. The van der Waals surface area contributed by atoms with E-state index >= 15 is 0 Å². The van der Waals surface area contributed by atoms with E-state index in [1.807, 2.05) is 41.3 Å². The largest absolute Gasteiger partial charge is 0.496 e. The third-order valence-corrected chi connectivity index (χ3v) is 3.93. The molecule has 1 aliphatic rings. The lowest BCUT2D eigenvalue weighted by molar-refractivity contribution is 0.0789. The van der Waals surface area contributed by atoms with Crippen molar-refractivity contribution in [2.24, 2.45) is 0 Å². The fourth-order valence-corrected chi connectivity index (χ4v) is 2.77. The van der Waals surface area contributed by atoms with Gasteiger partial charge in [0.05, 0.1) is 12.7 Å². The molecule has 21 heavy (non-hydrogen) atoms. The summed E-state index contributed by atoms with van der Waals surface area (Å²) >= 11 is 0. The Bertz CT molecular complexity index is 631. The van der Waals surface area contributed by atoms with Crippen molar-refractivity contribution in [2.45, 2.75) is 12.8 Å². The highest BCUT2D eigenvalue weighted by atomic mass is 16.5. The van der Waals surface area contributed by atoms with Crippen molar-refractivity contribution >= 4 is 5.91 Å². The number of amides is 1. The molecule has 1 saturated heterocycles. The van der Waals surface area contributed by atoms with Crippen LogP contribution in [0, 0.1) is 0 Å². The third kappa shape index (κ3) is 2.77. The van der Waals surface area contributed by atoms with Gasteiger partial charge in [-0.1, -0.05) is 36.4 Å². The van der Waals surface area contributed by atoms with Crippen molar-refractivity contribution in [3.63, 3.8) is 0 Å². The Morgan fingerprint density at radius 2 is 1.71 bits per heavy atom. The molecule has 0 aliphatic carbocycles. The van der Waals surface area contributed by atoms with Crippen LogP contribution in [0.4, 0.5) is 0 Å². The number of hydrogen-bond donors (Lipinski definition) is 0. The van der Waals surface area contributed by atoms with Gasteiger partial charge in [-0.2, -0.15) is 0 Å². The third-order valence-electron chi connectivity index (χ3n) is 3.93. The van der Waals surface area contributed by atoms with E-state index in [0.29, 0.717) is 11.3 Å². The first-order valence-electron chi connectivity index (χ1n) is 7.32. The van der Waals surface area contributed by atoms with Gasteiger partial charge in [-0.25, -0.2) is 0 Å². The number of hydrogen-bond acceptors (Lipinski definition) is 2. The Morgan fingerprint density at radius 1 is 1.00 bits per heavy atom. The predicted molar refractivity (Wildman–Crippen MR) is 83.6 cm³/mol. The van der Waals surface area contributed by atoms with Crippen molar-refractivity contribution in [3.05, 3.63) is 54.1 Å². The molecule has 108 valence electrons. The maximum absolute atomic E-state index is 12.5. The van der Waals surface area contributed by atoms with Crippen LogP contribution in [-0.4, -0.2) is 31.0 Å². The Hall–Kier alpha value is -2.29. The SMILES string of the molecule is COc1cc(-c2ccccc2)ccc1C(=O)N1CCCC1. The zero-order valence-electron chi connectivity index (χ0n) is 12.2. The molecule has 3 heteroatoms. The maximum Gasteiger partial charge on any atom is 0.257 e. The fraction of sp³-hybridized carbons (Fsp3) is 0.278. The van der Waals surface area contributed by atoms with Gasteiger partial charge in [0.25, 0.3) is 5.91 Å². The molecule has 0 aromatic heterocycles. The van der Waals surface area contributed by atoms with Crippen LogP contribution in [0.2, 0.25) is 0 Å². The Morgan fingerprint density at radius 3 is 2.38 bits per heavy atom. The van der Waals surface area contributed by atoms with Crippen LogP contribution in [-0.2, 0) is 0 Å². The summed E-state index contributed by atoms with van der Waals surface area (Å²) in [5.74, 6) is 0.720. The molecule has 0 unspecified atom stereocenters. The van der Waals surface area contributed by atoms with Crippen LogP contribution in [0.3, 0.4) is 0 Å². The van der Waals surface area contributed by atoms with Crippen LogP contribution in [0.15, 0.2) is 48.5 Å². The number of rotatable bonds is 3. The summed E-state index contributed by atoms with van der Waals surface area (Å²) in [6.07, 6.45) is 2.19. The standard InChI is InChI=1S/C18H19NO2/c1-21-17-13-15(14-7-3-2-4-8-14)9-10-16(17)18(20)19-11-5-6-12-19/h2-4,7-10,13H,5-6,11-12H2,1H3. The topological polar surface area (TPSA) is 29.5 Å². The lowest BCUT2D eigenvalue weighted by Gasteiger charge is -2.17. The molecule has 1 aliphatic heterocycles. The highest BCUT2D eigenvalue weighted by molar-refractivity contribution is 5.97. The van der Waals surface area contributed by atoms with E-state index in [1.165, 1.54) is 0 Å². The molecule has 1 amide bonds. The molecule has 1 fully saturated rings. The van der Waals surface area contributed by atoms with E-state index in [4.69, 9.17) is 4.74 Å². The lowest BCUT2D eigenvalue weighted by atomic mass is 10.0. The molecule has 0 spiro atoms. The molecule has 0 radical (unpaired) electrons. The van der Waals surface area contributed by atoms with Crippen LogP contribution in [0.25, 0.3) is 11.1 Å². The first kappa shape index (κ1) is 13.7. The number of nitrogens with zero attached hydrogens (tertiary/aromatic N) is 1. The van der Waals surface area contributed by atoms with Gasteiger partial charge in [0.2, 0.25) is 0 Å². The van der Waals surface area contributed by atoms with Crippen LogP contribution < -0.4 is 4.74 Å². The van der Waals surface area contributed by atoms with E-state index in [0.717, 1.165) is 37.1 Å². The normalized spacial score (nSPS) is 14.2. The quantitative estimate of drug-likeness (QED) is 0.860. The second-order valence-corrected chi connectivity index (χ2v) is 5.28. The molecular formula is C18H19NO2. The zero-order chi connectivity index (χ0) is 14.7. The monoisotopic (exact) mass is 281 g/mol. The fourth-order valence-electron chi connectivity index (χ4n) is 2.77. The Labute approximate surface area is 125 Å². The molecule has 2 aromatic carbocycles. The lowest BCUT2D eigenvalue weighted by Crippen LogP contribution is -2.27. The minimum Gasteiger partial charge on any atom is -0.496 e. The van der Waals surface area contributed by atoms with E-state index in [1.54, 1.807) is 7.11 Å². The summed E-state index contributed by atoms with van der Waals surface area (Å²) in [6, 6.07) is 15.9. The van der Waals surface area contributed by atoms with E-state index in [9.17, 15) is 4.79 Å². The second kappa shape index (κ2) is 6.00. The van der Waals surface area contributed by atoms with Gasteiger partial charge in [-0.15, -0.1) is 0 Å². The van der Waals surface area contributed by atoms with Crippen LogP contribution in [0.1, 0.15) is 23.2 Å². The van der Waals surface area contributed by atoms with Gasteiger partial charge in [0, 0.05) is 13.1 Å². The van der Waals surface area contributed by atoms with Gasteiger partial charge >= 0.3 is 0 Å². The number of ether oxygens (including phenoxy) is 1. The Kier molecular flexibility index (Phi) is 3.91. The molecule has 0 N–H and O–H groups in total. The summed E-state index contributed by atoms with van der Waals surface area (Å²) in [6.45, 7) is 1.70. The number of carbonyl (C=O) groups excluding carboxylic acids is 1. The summed E-state index contributed by atoms with van der Waals surface area (Å²) in [5.41, 5.74) is 2.83. The van der Waals surface area contributed by atoms with Crippen molar-refractivity contribution in [3.8, 4) is 16.9 Å². The Balaban J connectivity index is 1.94. The van der Waals surface area contributed by atoms with Crippen molar-refractivity contribution in [2.75, 3.05) is 20.2 Å². The second-order valence-electron chi connectivity index (χ2n) is 5.28. The minimum absolute atomic E-state index is 0.0731. The van der Waals surface area contributed by atoms with Crippen LogP contribution in [0.5, 0.6) is 5.75 Å². The van der Waals surface area contributed by atoms with Gasteiger partial charge in [0.1, 0.15) is 5.75 Å². The van der Waals surface area contributed by atoms with Gasteiger partial charge in [-0.05, 0) is 36.1 Å². The molecule has 0 atom stereocenters. The maximum atomic E-state index is 12.5. The molecule has 3 rings (SSSR count). The van der Waals surface area contributed by atoms with E-state index < -0.39 is 0 Å². The highest BCUT2D eigenvalue weighted by Crippen LogP contribution is 2.28. The number of carbonyl (C=O) groups is 1. The molecule has 2 aromatic rings. The molecule has 0 bridgehead atoms. The number of methoxy groups -OCH3 is 1. The summed E-state index contributed by atoms with van der Waals surface area (Å²) in [5, 5.41) is 0. The summed E-state index contributed by atoms with van der Waals surface area (Å²) < 4.78 is 5.44. The van der Waals surface area contributed by atoms with Crippen molar-refractivity contribution in [1.29, 1.82) is 0 Å². The number of benzene rings is 2. The molecular weight excluding hydrogens is 262 g/mol. The predicted octanol–water partition coefficient (Wildman–Crippen LogP) is 3.60.